The smallest absolute Gasteiger partial charge is 0.208 e. The zero-order chi connectivity index (χ0) is 11.4. The first-order valence-electron chi connectivity index (χ1n) is 4.74. The average molecular weight is 344 g/mol. The van der Waals surface area contributed by atoms with Gasteiger partial charge in [0.1, 0.15) is 3.70 Å². The van der Waals surface area contributed by atoms with Crippen LogP contribution in [0, 0.1) is 15.2 Å². The molecule has 82 valence electrons. The summed E-state index contributed by atoms with van der Waals surface area (Å²) in [5.74, 6) is 0.998. The zero-order valence-corrected chi connectivity index (χ0v) is 11.4. The molecule has 2 rings (SSSR count). The van der Waals surface area contributed by atoms with Crippen molar-refractivity contribution in [1.29, 1.82) is 5.26 Å². The summed E-state index contributed by atoms with van der Waals surface area (Å²) in [5, 5.41) is 9.38. The minimum atomic E-state index is 0.775. The van der Waals surface area contributed by atoms with E-state index in [2.05, 4.69) is 43.5 Å². The second kappa shape index (κ2) is 5.50. The lowest BCUT2D eigenvalue weighted by molar-refractivity contribution is 0.456. The first kappa shape index (κ1) is 11.7. The van der Waals surface area contributed by atoms with Gasteiger partial charge in [-0.25, -0.2) is 4.98 Å². The summed E-state index contributed by atoms with van der Waals surface area (Å²) in [7, 11) is 0. The molecule has 2 heterocycles. The molecular weight excluding hydrogens is 335 g/mol. The van der Waals surface area contributed by atoms with E-state index in [0.29, 0.717) is 0 Å². The van der Waals surface area contributed by atoms with Gasteiger partial charge in [0.05, 0.1) is 0 Å². The summed E-state index contributed by atoms with van der Waals surface area (Å²) in [6.45, 7) is 1.72. The summed E-state index contributed by atoms with van der Waals surface area (Å²) < 4.78 is 0.989. The molecule has 0 N–H and O–H groups in total. The van der Waals surface area contributed by atoms with Crippen molar-refractivity contribution >= 4 is 39.5 Å². The van der Waals surface area contributed by atoms with E-state index >= 15 is 0 Å². The summed E-state index contributed by atoms with van der Waals surface area (Å²) >= 11 is 3.81. The Morgan fingerprint density at radius 3 is 3.19 bits per heavy atom. The van der Waals surface area contributed by atoms with Crippen LogP contribution < -0.4 is 0 Å². The number of hydrogen-bond acceptors (Lipinski definition) is 4. The number of hydrogen-bond donors (Lipinski definition) is 0. The lowest BCUT2D eigenvalue weighted by Gasteiger charge is -2.16. The van der Waals surface area contributed by atoms with Crippen LogP contribution in [0.2, 0.25) is 0 Å². The number of amidine groups is 1. The van der Waals surface area contributed by atoms with E-state index in [1.165, 1.54) is 0 Å². The van der Waals surface area contributed by atoms with Crippen LogP contribution in [0.25, 0.3) is 0 Å². The van der Waals surface area contributed by atoms with Crippen LogP contribution in [0.5, 0.6) is 0 Å². The van der Waals surface area contributed by atoms with Crippen LogP contribution in [-0.2, 0) is 6.54 Å². The topological polar surface area (TPSA) is 52.3 Å². The van der Waals surface area contributed by atoms with Crippen molar-refractivity contribution in [2.45, 2.75) is 6.54 Å². The quantitative estimate of drug-likeness (QED) is 0.468. The first-order valence-corrected chi connectivity index (χ1v) is 6.81. The van der Waals surface area contributed by atoms with Crippen molar-refractivity contribution in [2.24, 2.45) is 4.99 Å². The third-order valence-electron chi connectivity index (χ3n) is 2.17. The Hall–Kier alpha value is -0.810. The molecule has 6 heteroatoms. The molecule has 1 fully saturated rings. The third kappa shape index (κ3) is 2.86. The zero-order valence-electron chi connectivity index (χ0n) is 8.43. The van der Waals surface area contributed by atoms with Crippen LogP contribution in [0.4, 0.5) is 0 Å². The van der Waals surface area contributed by atoms with Crippen LogP contribution in [-0.4, -0.2) is 27.3 Å². The number of nitrogens with zero attached hydrogens (tertiary/aromatic N) is 4. The Bertz CT molecular complexity index is 437. The van der Waals surface area contributed by atoms with Gasteiger partial charge in [-0.05, 0) is 34.2 Å². The molecule has 0 unspecified atom stereocenters. The van der Waals surface area contributed by atoms with Crippen molar-refractivity contribution in [3.63, 3.8) is 0 Å². The number of halogens is 1. The average Bonchev–Trinajstić information content (AvgIpc) is 2.70. The molecule has 4 nitrogen and oxygen atoms in total. The fraction of sp³-hybridized carbons (Fsp3) is 0.300. The predicted molar refractivity (Wildman–Crippen MR) is 72.9 cm³/mol. The van der Waals surface area contributed by atoms with E-state index in [0.717, 1.165) is 33.3 Å². The van der Waals surface area contributed by atoms with Gasteiger partial charge in [-0.3, -0.25) is 0 Å². The molecule has 0 aromatic carbocycles. The van der Waals surface area contributed by atoms with E-state index in [4.69, 9.17) is 5.26 Å². The van der Waals surface area contributed by atoms with Gasteiger partial charge in [-0.15, -0.1) is 4.99 Å². The van der Waals surface area contributed by atoms with Gasteiger partial charge in [0.2, 0.25) is 6.19 Å². The summed E-state index contributed by atoms with van der Waals surface area (Å²) in [6, 6.07) is 4.04. The predicted octanol–water partition coefficient (Wildman–Crippen LogP) is 2.07. The standard InChI is InChI=1S/C10H9IN4S/c11-9-2-1-8(5-13-9)6-15-3-4-16-10(15)14-7-12/h1-2,5H,3-4,6H2. The Morgan fingerprint density at radius 1 is 1.62 bits per heavy atom. The second-order valence-corrected chi connectivity index (χ2v) is 5.42. The van der Waals surface area contributed by atoms with E-state index in [1.54, 1.807) is 11.8 Å². The van der Waals surface area contributed by atoms with Gasteiger partial charge in [0.25, 0.3) is 0 Å². The number of pyridine rings is 1. The van der Waals surface area contributed by atoms with Crippen molar-refractivity contribution in [3.8, 4) is 6.19 Å². The van der Waals surface area contributed by atoms with E-state index < -0.39 is 0 Å². The first-order chi connectivity index (χ1) is 7.79. The molecule has 1 aliphatic heterocycles. The molecule has 0 bridgehead atoms. The Balaban J connectivity index is 2.07. The van der Waals surface area contributed by atoms with Crippen molar-refractivity contribution in [3.05, 3.63) is 27.6 Å². The van der Waals surface area contributed by atoms with Crippen LogP contribution in [0.1, 0.15) is 5.56 Å². The van der Waals surface area contributed by atoms with Crippen molar-refractivity contribution < 1.29 is 0 Å². The maximum absolute atomic E-state index is 8.56. The van der Waals surface area contributed by atoms with Gasteiger partial charge in [-0.2, -0.15) is 5.26 Å². The Kier molecular flexibility index (Phi) is 4.01. The number of rotatable bonds is 2. The van der Waals surface area contributed by atoms with Crippen LogP contribution >= 0.6 is 34.4 Å². The highest BCUT2D eigenvalue weighted by molar-refractivity contribution is 14.1. The highest BCUT2D eigenvalue weighted by atomic mass is 127. The molecule has 0 amide bonds. The summed E-state index contributed by atoms with van der Waals surface area (Å²) in [6.07, 6.45) is 3.71. The van der Waals surface area contributed by atoms with E-state index in [9.17, 15) is 0 Å². The van der Waals surface area contributed by atoms with Gasteiger partial charge >= 0.3 is 0 Å². The van der Waals surface area contributed by atoms with E-state index in [1.807, 2.05) is 18.5 Å². The Morgan fingerprint density at radius 2 is 2.50 bits per heavy atom. The minimum Gasteiger partial charge on any atom is -0.345 e. The van der Waals surface area contributed by atoms with Crippen molar-refractivity contribution in [1.82, 2.24) is 9.88 Å². The molecule has 0 atom stereocenters. The fourth-order valence-corrected chi connectivity index (χ4v) is 2.70. The lowest BCUT2D eigenvalue weighted by Crippen LogP contribution is -2.23. The summed E-state index contributed by atoms with van der Waals surface area (Å²) in [5.41, 5.74) is 1.15. The number of nitriles is 1. The van der Waals surface area contributed by atoms with Gasteiger partial charge in [-0.1, -0.05) is 17.8 Å². The summed E-state index contributed by atoms with van der Waals surface area (Å²) in [4.78, 5) is 10.2. The third-order valence-corrected chi connectivity index (χ3v) is 3.80. The normalized spacial score (nSPS) is 17.8. The molecule has 16 heavy (non-hydrogen) atoms. The molecule has 0 aliphatic carbocycles. The molecular formula is C10H9IN4S. The second-order valence-electron chi connectivity index (χ2n) is 3.25. The number of thioether (sulfide) groups is 1. The fourth-order valence-electron chi connectivity index (χ4n) is 1.45. The van der Waals surface area contributed by atoms with Crippen LogP contribution in [0.15, 0.2) is 23.3 Å². The monoisotopic (exact) mass is 344 g/mol. The Labute approximate surface area is 112 Å². The molecule has 0 radical (unpaired) electrons. The highest BCUT2D eigenvalue weighted by Crippen LogP contribution is 2.20. The highest BCUT2D eigenvalue weighted by Gasteiger charge is 2.19. The molecule has 1 aromatic rings. The maximum atomic E-state index is 8.56. The van der Waals surface area contributed by atoms with Gasteiger partial charge in [0, 0.05) is 25.0 Å². The molecule has 0 spiro atoms. The van der Waals surface area contributed by atoms with Gasteiger partial charge < -0.3 is 4.90 Å². The van der Waals surface area contributed by atoms with E-state index in [-0.39, 0.29) is 0 Å². The van der Waals surface area contributed by atoms with Crippen LogP contribution in [0.3, 0.4) is 0 Å². The lowest BCUT2D eigenvalue weighted by atomic mass is 10.3. The molecule has 1 aromatic heterocycles. The maximum Gasteiger partial charge on any atom is 0.208 e. The molecule has 0 saturated carbocycles. The van der Waals surface area contributed by atoms with Crippen molar-refractivity contribution in [2.75, 3.05) is 12.3 Å². The minimum absolute atomic E-state index is 0.775. The SMILES string of the molecule is N#CN=C1SCCN1Cc1ccc(I)nc1. The van der Waals surface area contributed by atoms with Gasteiger partial charge in [0.15, 0.2) is 5.17 Å². The molecule has 1 saturated heterocycles. The largest absolute Gasteiger partial charge is 0.345 e. The number of aromatic nitrogens is 1. The molecule has 1 aliphatic rings. The number of aliphatic imine (C=N–C) groups is 1.